The monoisotopic (exact) mass is 231 g/mol. The Labute approximate surface area is 101 Å². The van der Waals surface area contributed by atoms with Crippen LogP contribution in [0.15, 0.2) is 24.4 Å². The van der Waals surface area contributed by atoms with Crippen molar-refractivity contribution < 1.29 is 0 Å². The fourth-order valence-electron chi connectivity index (χ4n) is 1.66. The molecule has 2 N–H and O–H groups in total. The molecular weight excluding hydrogens is 214 g/mol. The van der Waals surface area contributed by atoms with Gasteiger partial charge in [-0.1, -0.05) is 6.07 Å². The van der Waals surface area contributed by atoms with Crippen LogP contribution in [-0.2, 0) is 6.54 Å². The Morgan fingerprint density at radius 2 is 2.12 bits per heavy atom. The summed E-state index contributed by atoms with van der Waals surface area (Å²) in [4.78, 5) is 6.32. The molecule has 0 saturated carbocycles. The van der Waals surface area contributed by atoms with Crippen LogP contribution < -0.4 is 5.73 Å². The van der Waals surface area contributed by atoms with Crippen LogP contribution in [0.3, 0.4) is 0 Å². The SMILES string of the molecule is Cc1c(CN(C)C)nn(-c2ccccn2)c1N. The first-order valence-electron chi connectivity index (χ1n) is 5.49. The van der Waals surface area contributed by atoms with Crippen molar-refractivity contribution in [3.8, 4) is 5.82 Å². The van der Waals surface area contributed by atoms with Crippen molar-refractivity contribution in [2.75, 3.05) is 19.8 Å². The van der Waals surface area contributed by atoms with Crippen molar-refractivity contribution in [2.24, 2.45) is 0 Å². The summed E-state index contributed by atoms with van der Waals surface area (Å²) >= 11 is 0. The van der Waals surface area contributed by atoms with E-state index in [0.29, 0.717) is 5.82 Å². The minimum atomic E-state index is 0.653. The summed E-state index contributed by atoms with van der Waals surface area (Å²) < 4.78 is 1.69. The fourth-order valence-corrected chi connectivity index (χ4v) is 1.66. The molecule has 0 atom stereocenters. The van der Waals surface area contributed by atoms with Gasteiger partial charge in [0.25, 0.3) is 0 Å². The Hall–Kier alpha value is -1.88. The van der Waals surface area contributed by atoms with Crippen LogP contribution in [-0.4, -0.2) is 33.8 Å². The van der Waals surface area contributed by atoms with Crippen molar-refractivity contribution in [1.29, 1.82) is 0 Å². The van der Waals surface area contributed by atoms with Gasteiger partial charge in [-0.25, -0.2) is 4.98 Å². The van der Waals surface area contributed by atoms with Crippen LogP contribution in [0.1, 0.15) is 11.3 Å². The van der Waals surface area contributed by atoms with Crippen molar-refractivity contribution in [3.63, 3.8) is 0 Å². The molecule has 2 aromatic heterocycles. The van der Waals surface area contributed by atoms with Gasteiger partial charge in [-0.2, -0.15) is 9.78 Å². The summed E-state index contributed by atoms with van der Waals surface area (Å²) in [6, 6.07) is 5.68. The highest BCUT2D eigenvalue weighted by atomic mass is 15.3. The molecule has 0 aliphatic rings. The Kier molecular flexibility index (Phi) is 3.10. The Morgan fingerprint density at radius 3 is 2.71 bits per heavy atom. The van der Waals surface area contributed by atoms with Gasteiger partial charge in [0.2, 0.25) is 0 Å². The van der Waals surface area contributed by atoms with Crippen LogP contribution in [0, 0.1) is 6.92 Å². The van der Waals surface area contributed by atoms with Crippen molar-refractivity contribution in [3.05, 3.63) is 35.7 Å². The highest BCUT2D eigenvalue weighted by Crippen LogP contribution is 2.19. The maximum absolute atomic E-state index is 6.05. The minimum Gasteiger partial charge on any atom is -0.383 e. The summed E-state index contributed by atoms with van der Waals surface area (Å²) in [6.07, 6.45) is 1.73. The first-order chi connectivity index (χ1) is 8.09. The first kappa shape index (κ1) is 11.6. The highest BCUT2D eigenvalue weighted by Gasteiger charge is 2.13. The second-order valence-corrected chi connectivity index (χ2v) is 4.29. The van der Waals surface area contributed by atoms with Gasteiger partial charge in [0, 0.05) is 18.3 Å². The van der Waals surface area contributed by atoms with Gasteiger partial charge < -0.3 is 10.6 Å². The molecule has 0 amide bonds. The van der Waals surface area contributed by atoms with Gasteiger partial charge in [-0.15, -0.1) is 0 Å². The molecule has 90 valence electrons. The second-order valence-electron chi connectivity index (χ2n) is 4.29. The van der Waals surface area contributed by atoms with Gasteiger partial charge in [0.1, 0.15) is 5.82 Å². The lowest BCUT2D eigenvalue weighted by Crippen LogP contribution is -2.12. The van der Waals surface area contributed by atoms with E-state index in [1.807, 2.05) is 39.2 Å². The van der Waals surface area contributed by atoms with Crippen molar-refractivity contribution >= 4 is 5.82 Å². The van der Waals surface area contributed by atoms with Crippen LogP contribution in [0.5, 0.6) is 0 Å². The molecule has 5 nitrogen and oxygen atoms in total. The van der Waals surface area contributed by atoms with Crippen LogP contribution >= 0.6 is 0 Å². The molecule has 0 aliphatic heterocycles. The summed E-state index contributed by atoms with van der Waals surface area (Å²) in [5.74, 6) is 1.40. The lowest BCUT2D eigenvalue weighted by atomic mass is 10.2. The number of aromatic nitrogens is 3. The molecule has 0 saturated heterocycles. The lowest BCUT2D eigenvalue weighted by Gasteiger charge is -2.06. The Morgan fingerprint density at radius 1 is 1.35 bits per heavy atom. The maximum atomic E-state index is 6.05. The molecule has 0 aliphatic carbocycles. The molecule has 0 aromatic carbocycles. The van der Waals surface area contributed by atoms with Crippen LogP contribution in [0.2, 0.25) is 0 Å². The second kappa shape index (κ2) is 4.55. The summed E-state index contributed by atoms with van der Waals surface area (Å²) in [5, 5.41) is 4.51. The number of rotatable bonds is 3. The van der Waals surface area contributed by atoms with E-state index in [1.165, 1.54) is 0 Å². The maximum Gasteiger partial charge on any atom is 0.155 e. The van der Waals surface area contributed by atoms with Crippen molar-refractivity contribution in [2.45, 2.75) is 13.5 Å². The van der Waals surface area contributed by atoms with E-state index in [1.54, 1.807) is 10.9 Å². The third kappa shape index (κ3) is 2.29. The molecule has 5 heteroatoms. The molecule has 0 fully saturated rings. The minimum absolute atomic E-state index is 0.653. The van der Waals surface area contributed by atoms with E-state index in [9.17, 15) is 0 Å². The van der Waals surface area contributed by atoms with Crippen molar-refractivity contribution in [1.82, 2.24) is 19.7 Å². The van der Waals surface area contributed by atoms with Gasteiger partial charge in [-0.3, -0.25) is 0 Å². The van der Waals surface area contributed by atoms with Gasteiger partial charge >= 0.3 is 0 Å². The number of nitrogens with zero attached hydrogens (tertiary/aromatic N) is 4. The Bertz CT molecular complexity index is 501. The molecule has 0 unspecified atom stereocenters. The summed E-state index contributed by atoms with van der Waals surface area (Å²) in [7, 11) is 4.02. The van der Waals surface area contributed by atoms with Gasteiger partial charge in [-0.05, 0) is 33.2 Å². The van der Waals surface area contributed by atoms with Gasteiger partial charge in [0.05, 0.1) is 5.69 Å². The van der Waals surface area contributed by atoms with E-state index in [4.69, 9.17) is 5.73 Å². The van der Waals surface area contributed by atoms with E-state index >= 15 is 0 Å². The average Bonchev–Trinajstić information content (AvgIpc) is 2.58. The van der Waals surface area contributed by atoms with E-state index in [2.05, 4.69) is 15.0 Å². The molecule has 0 radical (unpaired) electrons. The smallest absolute Gasteiger partial charge is 0.155 e. The first-order valence-corrected chi connectivity index (χ1v) is 5.49. The molecule has 2 rings (SSSR count). The Balaban J connectivity index is 2.43. The quantitative estimate of drug-likeness (QED) is 0.862. The standard InChI is InChI=1S/C12H17N5/c1-9-10(8-16(2)3)15-17(12(9)13)11-6-4-5-7-14-11/h4-7H,8,13H2,1-3H3. The van der Waals surface area contributed by atoms with Crippen LogP contribution in [0.4, 0.5) is 5.82 Å². The normalized spacial score (nSPS) is 11.1. The van der Waals surface area contributed by atoms with E-state index in [0.717, 1.165) is 23.6 Å². The third-order valence-electron chi connectivity index (χ3n) is 2.60. The molecular formula is C12H17N5. The lowest BCUT2D eigenvalue weighted by molar-refractivity contribution is 0.394. The predicted molar refractivity (Wildman–Crippen MR) is 67.9 cm³/mol. The predicted octanol–water partition coefficient (Wildman–Crippen LogP) is 1.22. The molecule has 2 aromatic rings. The number of hydrogen-bond donors (Lipinski definition) is 1. The fraction of sp³-hybridized carbons (Fsp3) is 0.333. The largest absolute Gasteiger partial charge is 0.383 e. The zero-order valence-electron chi connectivity index (χ0n) is 10.4. The average molecular weight is 231 g/mol. The van der Waals surface area contributed by atoms with E-state index < -0.39 is 0 Å². The van der Waals surface area contributed by atoms with Gasteiger partial charge in [0.15, 0.2) is 5.82 Å². The number of hydrogen-bond acceptors (Lipinski definition) is 4. The number of pyridine rings is 1. The zero-order valence-corrected chi connectivity index (χ0v) is 10.4. The van der Waals surface area contributed by atoms with E-state index in [-0.39, 0.29) is 0 Å². The molecule has 0 bridgehead atoms. The third-order valence-corrected chi connectivity index (χ3v) is 2.60. The number of anilines is 1. The summed E-state index contributed by atoms with van der Waals surface area (Å²) in [5.41, 5.74) is 8.06. The zero-order chi connectivity index (χ0) is 12.4. The number of nitrogen functional groups attached to an aromatic ring is 1. The molecule has 0 spiro atoms. The number of nitrogens with two attached hydrogens (primary N) is 1. The summed E-state index contributed by atoms with van der Waals surface area (Å²) in [6.45, 7) is 2.76. The highest BCUT2D eigenvalue weighted by molar-refractivity contribution is 5.47. The molecule has 17 heavy (non-hydrogen) atoms. The molecule has 2 heterocycles. The van der Waals surface area contributed by atoms with Crippen LogP contribution in [0.25, 0.3) is 5.82 Å². The topological polar surface area (TPSA) is 60.0 Å².